The molecule has 0 amide bonds. The van der Waals surface area contributed by atoms with Crippen LogP contribution in [0.15, 0.2) is 77.6 Å². The average molecular weight is 644 g/mol. The van der Waals surface area contributed by atoms with E-state index in [1.54, 1.807) is 0 Å². The third-order valence-electron chi connectivity index (χ3n) is 8.35. The van der Waals surface area contributed by atoms with Gasteiger partial charge in [-0.1, -0.05) is 35.9 Å². The van der Waals surface area contributed by atoms with Crippen LogP contribution < -0.4 is 14.7 Å². The van der Waals surface area contributed by atoms with E-state index in [0.717, 1.165) is 60.8 Å². The minimum absolute atomic E-state index is 0.158. The molecule has 0 saturated carbocycles. The first-order valence-electron chi connectivity index (χ1n) is 14.3. The van der Waals surface area contributed by atoms with Gasteiger partial charge >= 0.3 is 15.6 Å². The summed E-state index contributed by atoms with van der Waals surface area (Å²) >= 11 is 6.11. The number of hydrogen-bond donors (Lipinski definition) is 1. The van der Waals surface area contributed by atoms with Gasteiger partial charge in [-0.3, -0.25) is 0 Å². The monoisotopic (exact) mass is 643 g/mol. The number of rotatable bonds is 7. The van der Waals surface area contributed by atoms with Crippen molar-refractivity contribution in [2.45, 2.75) is 50.5 Å². The van der Waals surface area contributed by atoms with Crippen molar-refractivity contribution >= 4 is 50.0 Å². The second kappa shape index (κ2) is 11.1. The lowest BCUT2D eigenvalue weighted by molar-refractivity contribution is -0.437. The molecule has 0 fully saturated rings. The van der Waals surface area contributed by atoms with E-state index >= 15 is 0 Å². The Kier molecular flexibility index (Phi) is 7.66. The maximum Gasteiger partial charge on any atom is 0.534 e. The van der Waals surface area contributed by atoms with Crippen LogP contribution in [0.5, 0.6) is 11.5 Å². The number of nitrogens with two attached hydrogens (primary N) is 1. The van der Waals surface area contributed by atoms with Crippen LogP contribution in [-0.4, -0.2) is 37.3 Å². The van der Waals surface area contributed by atoms with E-state index in [4.69, 9.17) is 22.1 Å². The quantitative estimate of drug-likeness (QED) is 0.161. The summed E-state index contributed by atoms with van der Waals surface area (Å²) in [5.74, 6) is 0.0994. The molecule has 1 aliphatic carbocycles. The molecule has 44 heavy (non-hydrogen) atoms. The second-order valence-electron chi connectivity index (χ2n) is 11.6. The third kappa shape index (κ3) is 5.22. The number of fused-ring (bicyclic) bond motifs is 5. The Labute approximate surface area is 259 Å². The van der Waals surface area contributed by atoms with Crippen LogP contribution in [0, 0.1) is 0 Å². The fourth-order valence-corrected chi connectivity index (χ4v) is 7.04. The van der Waals surface area contributed by atoms with E-state index in [2.05, 4.69) is 65.1 Å². The van der Waals surface area contributed by atoms with Crippen LogP contribution in [-0.2, 0) is 15.5 Å². The van der Waals surface area contributed by atoms with Gasteiger partial charge in [0.1, 0.15) is 11.5 Å². The second-order valence-corrected chi connectivity index (χ2v) is 13.5. The van der Waals surface area contributed by atoms with Gasteiger partial charge < -0.3 is 14.7 Å². The first-order valence-corrected chi connectivity index (χ1v) is 16.1. The van der Waals surface area contributed by atoms with Gasteiger partial charge in [-0.05, 0) is 85.9 Å². The molecule has 0 saturated heterocycles. The van der Waals surface area contributed by atoms with Gasteiger partial charge in [-0.2, -0.15) is 26.2 Å². The summed E-state index contributed by atoms with van der Waals surface area (Å²) in [5, 5.41) is 2.11. The number of benzene rings is 3. The molecule has 0 unspecified atom stereocenters. The summed E-state index contributed by atoms with van der Waals surface area (Å²) in [6, 6.07) is 15.1. The van der Waals surface area contributed by atoms with Crippen LogP contribution in [0.4, 0.5) is 18.9 Å². The van der Waals surface area contributed by atoms with Crippen molar-refractivity contribution in [3.63, 3.8) is 0 Å². The molecule has 0 atom stereocenters. The maximum atomic E-state index is 13.0. The zero-order valence-electron chi connectivity index (χ0n) is 24.2. The molecule has 2 aliphatic heterocycles. The smallest absolute Gasteiger partial charge is 0.456 e. The Hall–Kier alpha value is -3.60. The van der Waals surface area contributed by atoms with Crippen molar-refractivity contribution in [2.24, 2.45) is 5.73 Å². The molecule has 6 nitrogen and oxygen atoms in total. The highest BCUT2D eigenvalue weighted by Gasteiger charge is 2.49. The molecular weight excluding hydrogens is 613 g/mol. The number of halogens is 4. The Balaban J connectivity index is 1.39. The van der Waals surface area contributed by atoms with Crippen molar-refractivity contribution in [3.05, 3.63) is 93.7 Å². The van der Waals surface area contributed by atoms with E-state index < -0.39 is 21.4 Å². The molecule has 3 aromatic rings. The SMILES string of the molecule is CC1(C)C(/C=C/C2=C3Oc4cc(OS(=O)(=O)C(F)(F)F)c(Cl)cc4C=C3CCC2)=[N+](CCCN)c2ccc3ccccc3c21. The predicted molar refractivity (Wildman–Crippen MR) is 166 cm³/mol. The fourth-order valence-electron chi connectivity index (χ4n) is 6.31. The van der Waals surface area contributed by atoms with Gasteiger partial charge in [0, 0.05) is 35.8 Å². The fraction of sp³-hybridized carbons (Fsp3) is 0.303. The minimum Gasteiger partial charge on any atom is -0.456 e. The highest BCUT2D eigenvalue weighted by Crippen LogP contribution is 2.46. The molecule has 0 aromatic heterocycles. The van der Waals surface area contributed by atoms with Crippen molar-refractivity contribution in [1.82, 2.24) is 0 Å². The van der Waals surface area contributed by atoms with Gasteiger partial charge in [0.05, 0.1) is 10.4 Å². The van der Waals surface area contributed by atoms with Crippen LogP contribution in [0.3, 0.4) is 0 Å². The van der Waals surface area contributed by atoms with Crippen LogP contribution in [0.25, 0.3) is 16.8 Å². The number of allylic oxidation sites excluding steroid dienone is 4. The topological polar surface area (TPSA) is 81.6 Å². The number of nitrogens with zero attached hydrogens (tertiary/aromatic N) is 1. The van der Waals surface area contributed by atoms with Crippen LogP contribution in [0.2, 0.25) is 5.02 Å². The Morgan fingerprint density at radius 3 is 2.64 bits per heavy atom. The number of hydrogen-bond acceptors (Lipinski definition) is 5. The molecule has 0 spiro atoms. The summed E-state index contributed by atoms with van der Waals surface area (Å²) in [5.41, 5.74) is 5.93. The summed E-state index contributed by atoms with van der Waals surface area (Å²) in [6.45, 7) is 5.76. The first kappa shape index (κ1) is 30.4. The molecular formula is C33H31ClF3N2O4S+. The molecule has 2 heterocycles. The molecule has 0 radical (unpaired) electrons. The van der Waals surface area contributed by atoms with Crippen molar-refractivity contribution in [2.75, 3.05) is 13.1 Å². The van der Waals surface area contributed by atoms with Gasteiger partial charge in [-0.15, -0.1) is 0 Å². The lowest BCUT2D eigenvalue weighted by Crippen LogP contribution is -2.28. The number of ether oxygens (including phenoxy) is 1. The minimum atomic E-state index is -5.91. The van der Waals surface area contributed by atoms with Gasteiger partial charge in [0.15, 0.2) is 18.0 Å². The molecule has 11 heteroatoms. The Morgan fingerprint density at radius 2 is 1.89 bits per heavy atom. The zero-order valence-corrected chi connectivity index (χ0v) is 25.7. The van der Waals surface area contributed by atoms with Crippen LogP contribution >= 0.6 is 11.6 Å². The molecule has 0 bridgehead atoms. The van der Waals surface area contributed by atoms with Gasteiger partial charge in [0.25, 0.3) is 0 Å². The lowest BCUT2D eigenvalue weighted by atomic mass is 9.78. The van der Waals surface area contributed by atoms with E-state index in [1.165, 1.54) is 22.4 Å². The largest absolute Gasteiger partial charge is 0.534 e. The highest BCUT2D eigenvalue weighted by atomic mass is 35.5. The van der Waals surface area contributed by atoms with Gasteiger partial charge in [-0.25, -0.2) is 0 Å². The summed E-state index contributed by atoms with van der Waals surface area (Å²) in [6.07, 6.45) is 9.22. The summed E-state index contributed by atoms with van der Waals surface area (Å²) in [7, 11) is -5.91. The third-order valence-corrected chi connectivity index (χ3v) is 9.61. The van der Waals surface area contributed by atoms with E-state index in [1.807, 2.05) is 12.1 Å². The Bertz CT molecular complexity index is 1920. The Morgan fingerprint density at radius 1 is 1.11 bits per heavy atom. The van der Waals surface area contributed by atoms with Crippen molar-refractivity contribution in [1.29, 1.82) is 0 Å². The maximum absolute atomic E-state index is 13.0. The van der Waals surface area contributed by atoms with E-state index in [-0.39, 0.29) is 16.2 Å². The molecule has 2 N–H and O–H groups in total. The highest BCUT2D eigenvalue weighted by molar-refractivity contribution is 7.88. The average Bonchev–Trinajstić information content (AvgIpc) is 3.19. The normalized spacial score (nSPS) is 17.8. The predicted octanol–water partition coefficient (Wildman–Crippen LogP) is 7.92. The standard InChI is InChI=1S/C33H31ClF3N2O4S/c1-32(2)29(39(16-6-15-38)26-13-11-20-7-3-4-10-24(20)30(26)32)14-12-21-8-5-9-22-17-23-18-25(34)28(19-27(23)42-31(21)22)43-44(40,41)33(35,36)37/h3-4,7,10-14,17-19H,5-6,8-9,15-16,38H2,1-2H3/q+1/b14-12+. The van der Waals surface area contributed by atoms with Crippen LogP contribution in [0.1, 0.15) is 50.7 Å². The van der Waals surface area contributed by atoms with E-state index in [0.29, 0.717) is 17.9 Å². The molecule has 6 rings (SSSR count). The zero-order chi connectivity index (χ0) is 31.4. The number of alkyl halides is 3. The first-order chi connectivity index (χ1) is 20.8. The van der Waals surface area contributed by atoms with E-state index in [9.17, 15) is 21.6 Å². The summed E-state index contributed by atoms with van der Waals surface area (Å²) < 4.78 is 75.1. The summed E-state index contributed by atoms with van der Waals surface area (Å²) in [4.78, 5) is 0. The van der Waals surface area contributed by atoms with Crippen molar-refractivity contribution < 1.29 is 35.1 Å². The molecule has 3 aromatic carbocycles. The van der Waals surface area contributed by atoms with Gasteiger partial charge in [0.2, 0.25) is 5.69 Å². The van der Waals surface area contributed by atoms with Crippen molar-refractivity contribution in [3.8, 4) is 11.5 Å². The molecule has 3 aliphatic rings. The molecule has 230 valence electrons. The lowest BCUT2D eigenvalue weighted by Gasteiger charge is -2.27.